The largest absolute Gasteiger partial charge is 0.395 e. The van der Waals surface area contributed by atoms with E-state index in [1.54, 1.807) is 0 Å². The Morgan fingerprint density at radius 3 is 1.57 bits per heavy atom. The van der Waals surface area contributed by atoms with Crippen LogP contribution in [0.1, 0.15) is 0 Å². The molecule has 0 aromatic carbocycles. The summed E-state index contributed by atoms with van der Waals surface area (Å²) in [7, 11) is 0. The van der Waals surface area contributed by atoms with E-state index in [0.29, 0.717) is 0 Å². The highest BCUT2D eigenvalue weighted by Gasteiger charge is 2.46. The predicted molar refractivity (Wildman–Crippen MR) is 47.6 cm³/mol. The van der Waals surface area contributed by atoms with E-state index in [4.69, 9.17) is 15.3 Å². The second-order valence-corrected chi connectivity index (χ2v) is 3.44. The molecule has 1 aliphatic rings. The van der Waals surface area contributed by atoms with Gasteiger partial charge in [0.2, 0.25) is 0 Å². The minimum absolute atomic E-state index is 0.146. The molecule has 1 rings (SSSR count). The van der Waals surface area contributed by atoms with Crippen LogP contribution in [-0.2, 0) is 0 Å². The maximum absolute atomic E-state index is 9.51. The van der Waals surface area contributed by atoms with Gasteiger partial charge in [0.1, 0.15) is 0 Å². The second-order valence-electron chi connectivity index (χ2n) is 3.44. The first kappa shape index (κ1) is 11.8. The fraction of sp³-hybridized carbons (Fsp3) is 1.00. The van der Waals surface area contributed by atoms with Gasteiger partial charge in [-0.2, -0.15) is 0 Å². The summed E-state index contributed by atoms with van der Waals surface area (Å²) in [6.45, 7) is -0.555. The first-order valence-electron chi connectivity index (χ1n) is 4.61. The standard InChI is InChI=1S/C8H17NO5/c10-2-1-9-5(3-11)7(13)8(14)6(9)4-12/h5-8,10-14H,1-4H2/t5-,6?,7-,8-/m1/s1. The van der Waals surface area contributed by atoms with Crippen LogP contribution in [0.15, 0.2) is 0 Å². The van der Waals surface area contributed by atoms with Crippen LogP contribution < -0.4 is 0 Å². The maximum Gasteiger partial charge on any atom is 0.0992 e. The first-order chi connectivity index (χ1) is 6.67. The molecular weight excluding hydrogens is 190 g/mol. The zero-order valence-electron chi connectivity index (χ0n) is 7.82. The Bertz CT molecular complexity index is 163. The Balaban J connectivity index is 2.74. The fourth-order valence-electron chi connectivity index (χ4n) is 1.97. The normalized spacial score (nSPS) is 39.2. The third-order valence-corrected chi connectivity index (χ3v) is 2.72. The molecule has 0 aliphatic carbocycles. The molecule has 0 saturated carbocycles. The van der Waals surface area contributed by atoms with Crippen molar-refractivity contribution in [2.45, 2.75) is 24.3 Å². The van der Waals surface area contributed by atoms with E-state index in [-0.39, 0.29) is 26.4 Å². The van der Waals surface area contributed by atoms with E-state index in [2.05, 4.69) is 0 Å². The molecule has 0 radical (unpaired) electrons. The van der Waals surface area contributed by atoms with Crippen LogP contribution in [0.2, 0.25) is 0 Å². The van der Waals surface area contributed by atoms with Crippen LogP contribution in [0.5, 0.6) is 0 Å². The van der Waals surface area contributed by atoms with Crippen molar-refractivity contribution in [1.82, 2.24) is 4.90 Å². The van der Waals surface area contributed by atoms with Crippen molar-refractivity contribution in [3.8, 4) is 0 Å². The molecule has 0 spiro atoms. The SMILES string of the molecule is OCCN1C(CO)[C@@H](O)[C@H](O)[C@H]1CO. The lowest BCUT2D eigenvalue weighted by atomic mass is 10.1. The molecule has 1 saturated heterocycles. The number of rotatable bonds is 4. The summed E-state index contributed by atoms with van der Waals surface area (Å²) in [6, 6.07) is -1.23. The summed E-state index contributed by atoms with van der Waals surface area (Å²) in [6.07, 6.45) is -2.16. The zero-order valence-corrected chi connectivity index (χ0v) is 7.82. The third kappa shape index (κ3) is 1.90. The maximum atomic E-state index is 9.51. The van der Waals surface area contributed by atoms with Crippen molar-refractivity contribution in [1.29, 1.82) is 0 Å². The molecule has 0 bridgehead atoms. The van der Waals surface area contributed by atoms with E-state index >= 15 is 0 Å². The molecule has 6 heteroatoms. The van der Waals surface area contributed by atoms with Crippen molar-refractivity contribution < 1.29 is 25.5 Å². The molecular formula is C8H17NO5. The van der Waals surface area contributed by atoms with E-state index < -0.39 is 24.3 Å². The molecule has 1 aliphatic heterocycles. The van der Waals surface area contributed by atoms with Crippen LogP contribution in [0.3, 0.4) is 0 Å². The molecule has 1 unspecified atom stereocenters. The second kappa shape index (κ2) is 5.01. The van der Waals surface area contributed by atoms with E-state index in [1.807, 2.05) is 0 Å². The zero-order chi connectivity index (χ0) is 10.7. The van der Waals surface area contributed by atoms with Crippen LogP contribution >= 0.6 is 0 Å². The lowest BCUT2D eigenvalue weighted by Gasteiger charge is -2.27. The quantitative estimate of drug-likeness (QED) is 0.331. The highest BCUT2D eigenvalue weighted by atomic mass is 16.3. The smallest absolute Gasteiger partial charge is 0.0992 e. The topological polar surface area (TPSA) is 104 Å². The summed E-state index contributed by atoms with van der Waals surface area (Å²) in [5, 5.41) is 45.8. The Morgan fingerprint density at radius 1 is 0.857 bits per heavy atom. The fourth-order valence-corrected chi connectivity index (χ4v) is 1.97. The van der Waals surface area contributed by atoms with Gasteiger partial charge in [-0.1, -0.05) is 0 Å². The van der Waals surface area contributed by atoms with E-state index in [1.165, 1.54) is 4.90 Å². The molecule has 84 valence electrons. The highest BCUT2D eigenvalue weighted by molar-refractivity contribution is 5.00. The van der Waals surface area contributed by atoms with Gasteiger partial charge in [-0.05, 0) is 0 Å². The number of hydrogen-bond donors (Lipinski definition) is 5. The molecule has 5 N–H and O–H groups in total. The average molecular weight is 207 g/mol. The van der Waals surface area contributed by atoms with Gasteiger partial charge in [0, 0.05) is 6.54 Å². The monoisotopic (exact) mass is 207 g/mol. The van der Waals surface area contributed by atoms with Gasteiger partial charge in [-0.25, -0.2) is 0 Å². The van der Waals surface area contributed by atoms with E-state index in [9.17, 15) is 10.2 Å². The summed E-state index contributed by atoms with van der Waals surface area (Å²) in [4.78, 5) is 1.52. The van der Waals surface area contributed by atoms with Gasteiger partial charge in [0.05, 0.1) is 44.1 Å². The van der Waals surface area contributed by atoms with Crippen molar-refractivity contribution in [2.24, 2.45) is 0 Å². The third-order valence-electron chi connectivity index (χ3n) is 2.72. The van der Waals surface area contributed by atoms with Gasteiger partial charge < -0.3 is 25.5 Å². The van der Waals surface area contributed by atoms with Crippen molar-refractivity contribution in [2.75, 3.05) is 26.4 Å². The molecule has 4 atom stereocenters. The van der Waals surface area contributed by atoms with Crippen molar-refractivity contribution in [3.63, 3.8) is 0 Å². The molecule has 0 amide bonds. The number of aliphatic hydroxyl groups is 5. The lowest BCUT2D eigenvalue weighted by Crippen LogP contribution is -2.44. The van der Waals surface area contributed by atoms with Gasteiger partial charge in [0.25, 0.3) is 0 Å². The van der Waals surface area contributed by atoms with Gasteiger partial charge in [-0.15, -0.1) is 0 Å². The van der Waals surface area contributed by atoms with Crippen molar-refractivity contribution in [3.05, 3.63) is 0 Å². The number of likely N-dealkylation sites (tertiary alicyclic amines) is 1. The summed E-state index contributed by atoms with van der Waals surface area (Å²) >= 11 is 0. The number of aliphatic hydroxyl groups excluding tert-OH is 5. The molecule has 6 nitrogen and oxygen atoms in total. The molecule has 0 aromatic heterocycles. The summed E-state index contributed by atoms with van der Waals surface area (Å²) < 4.78 is 0. The van der Waals surface area contributed by atoms with E-state index in [0.717, 1.165) is 0 Å². The average Bonchev–Trinajstić information content (AvgIpc) is 2.40. The Kier molecular flexibility index (Phi) is 4.24. The van der Waals surface area contributed by atoms with Gasteiger partial charge >= 0.3 is 0 Å². The Labute approximate surface area is 82.0 Å². The van der Waals surface area contributed by atoms with Crippen LogP contribution in [0.25, 0.3) is 0 Å². The molecule has 1 fully saturated rings. The van der Waals surface area contributed by atoms with Crippen LogP contribution in [0, 0.1) is 0 Å². The number of nitrogens with zero attached hydrogens (tertiary/aromatic N) is 1. The predicted octanol–water partition coefficient (Wildman–Crippen LogP) is -3.26. The minimum atomic E-state index is -1.08. The van der Waals surface area contributed by atoms with Crippen LogP contribution in [-0.4, -0.2) is 81.1 Å². The molecule has 14 heavy (non-hydrogen) atoms. The Morgan fingerprint density at radius 2 is 1.29 bits per heavy atom. The van der Waals surface area contributed by atoms with Crippen molar-refractivity contribution >= 4 is 0 Å². The Hall–Kier alpha value is -0.240. The summed E-state index contributed by atoms with van der Waals surface area (Å²) in [5.41, 5.74) is 0. The molecule has 1 heterocycles. The minimum Gasteiger partial charge on any atom is -0.395 e. The molecule has 0 aromatic rings. The summed E-state index contributed by atoms with van der Waals surface area (Å²) in [5.74, 6) is 0. The van der Waals surface area contributed by atoms with Gasteiger partial charge in [0.15, 0.2) is 0 Å². The first-order valence-corrected chi connectivity index (χ1v) is 4.61. The van der Waals surface area contributed by atoms with Gasteiger partial charge in [-0.3, -0.25) is 4.90 Å². The lowest BCUT2D eigenvalue weighted by molar-refractivity contribution is 0.0130. The van der Waals surface area contributed by atoms with Crippen LogP contribution in [0.4, 0.5) is 0 Å². The number of hydrogen-bond acceptors (Lipinski definition) is 6. The highest BCUT2D eigenvalue weighted by Crippen LogP contribution is 2.24. The number of β-amino-alcohol motifs (C(OH)–C–C–N with tert-alkyl or cyclic N) is 1.